The molecule has 0 bridgehead atoms. The first-order chi connectivity index (χ1) is 16.1. The van der Waals surface area contributed by atoms with Crippen molar-refractivity contribution in [3.63, 3.8) is 0 Å². The molecule has 0 spiro atoms. The second-order valence-electron chi connectivity index (χ2n) is 6.81. The van der Waals surface area contributed by atoms with E-state index in [1.165, 1.54) is 20.3 Å². The molecule has 0 aliphatic heterocycles. The van der Waals surface area contributed by atoms with Gasteiger partial charge in [-0.25, -0.2) is 4.79 Å². The van der Waals surface area contributed by atoms with Gasteiger partial charge in [-0.2, -0.15) is 5.26 Å². The zero-order valence-electron chi connectivity index (χ0n) is 18.6. The van der Waals surface area contributed by atoms with Gasteiger partial charge in [-0.15, -0.1) is 0 Å². The normalized spacial score (nSPS) is 11.0. The van der Waals surface area contributed by atoms with Gasteiger partial charge >= 0.3 is 5.97 Å². The molecule has 33 heavy (non-hydrogen) atoms. The number of nitrogens with zero attached hydrogens (tertiary/aromatic N) is 1. The maximum absolute atomic E-state index is 12.2. The summed E-state index contributed by atoms with van der Waals surface area (Å²) >= 11 is 0. The van der Waals surface area contributed by atoms with E-state index in [1.54, 1.807) is 55.7 Å². The van der Waals surface area contributed by atoms with Crippen molar-refractivity contribution < 1.29 is 23.7 Å². The van der Waals surface area contributed by atoms with E-state index in [0.717, 1.165) is 5.56 Å². The number of rotatable bonds is 8. The van der Waals surface area contributed by atoms with Gasteiger partial charge in [0.2, 0.25) is 0 Å². The molecule has 6 nitrogen and oxygen atoms in total. The number of carbonyl (C=O) groups is 1. The SMILES string of the molecule is COc1ccc(/C(C#N)=C\c2ccc(OC(=O)/C=C/c3ccccc3)c(OC)c2)cc1OC. The van der Waals surface area contributed by atoms with Gasteiger partial charge in [0.1, 0.15) is 0 Å². The van der Waals surface area contributed by atoms with Crippen LogP contribution in [-0.2, 0) is 4.79 Å². The Balaban J connectivity index is 1.82. The van der Waals surface area contributed by atoms with Crippen LogP contribution < -0.4 is 18.9 Å². The molecule has 0 N–H and O–H groups in total. The smallest absolute Gasteiger partial charge is 0.336 e. The Hall–Kier alpha value is -4.50. The van der Waals surface area contributed by atoms with Gasteiger partial charge in [-0.05, 0) is 59.2 Å². The lowest BCUT2D eigenvalue weighted by atomic mass is 10.0. The Morgan fingerprint density at radius 2 is 1.45 bits per heavy atom. The second kappa shape index (κ2) is 11.2. The van der Waals surface area contributed by atoms with Crippen LogP contribution in [0.1, 0.15) is 16.7 Å². The summed E-state index contributed by atoms with van der Waals surface area (Å²) in [6.07, 6.45) is 4.74. The lowest BCUT2D eigenvalue weighted by molar-refractivity contribution is -0.129. The van der Waals surface area contributed by atoms with Crippen LogP contribution in [0.15, 0.2) is 72.8 Å². The molecule has 166 valence electrons. The van der Waals surface area contributed by atoms with Gasteiger partial charge in [-0.3, -0.25) is 0 Å². The van der Waals surface area contributed by atoms with Crippen molar-refractivity contribution in [2.45, 2.75) is 0 Å². The first-order valence-corrected chi connectivity index (χ1v) is 10.0. The standard InChI is InChI=1S/C27H23NO5/c1-30-23-13-11-21(17-26(23)32-3)22(18-28)15-20-9-12-24(25(16-20)31-2)33-27(29)14-10-19-7-5-4-6-8-19/h4-17H,1-3H3/b14-10+,22-15-. The number of ether oxygens (including phenoxy) is 4. The van der Waals surface area contributed by atoms with Crippen LogP contribution in [0.5, 0.6) is 23.0 Å². The molecule has 0 aliphatic carbocycles. The highest BCUT2D eigenvalue weighted by molar-refractivity contribution is 5.91. The zero-order chi connectivity index (χ0) is 23.6. The van der Waals surface area contributed by atoms with Crippen LogP contribution in [0.4, 0.5) is 0 Å². The third kappa shape index (κ3) is 6.02. The first-order valence-electron chi connectivity index (χ1n) is 10.0. The molecule has 0 saturated heterocycles. The predicted molar refractivity (Wildman–Crippen MR) is 127 cm³/mol. The monoisotopic (exact) mass is 441 g/mol. The van der Waals surface area contributed by atoms with Crippen LogP contribution >= 0.6 is 0 Å². The van der Waals surface area contributed by atoms with E-state index in [1.807, 2.05) is 30.3 Å². The summed E-state index contributed by atoms with van der Waals surface area (Å²) in [5, 5.41) is 9.69. The van der Waals surface area contributed by atoms with Crippen molar-refractivity contribution >= 4 is 23.7 Å². The van der Waals surface area contributed by atoms with E-state index in [0.29, 0.717) is 33.9 Å². The van der Waals surface area contributed by atoms with E-state index in [-0.39, 0.29) is 5.75 Å². The molecule has 3 aromatic carbocycles. The number of esters is 1. The highest BCUT2D eigenvalue weighted by atomic mass is 16.6. The van der Waals surface area contributed by atoms with Crippen molar-refractivity contribution in [2.75, 3.05) is 21.3 Å². The van der Waals surface area contributed by atoms with Crippen LogP contribution in [0.3, 0.4) is 0 Å². The van der Waals surface area contributed by atoms with Crippen molar-refractivity contribution in [2.24, 2.45) is 0 Å². The molecule has 0 aliphatic rings. The molecule has 0 saturated carbocycles. The lowest BCUT2D eigenvalue weighted by Gasteiger charge is -2.10. The molecule has 0 aromatic heterocycles. The molecule has 3 rings (SSSR count). The summed E-state index contributed by atoms with van der Waals surface area (Å²) < 4.78 is 21.4. The topological polar surface area (TPSA) is 77.8 Å². The van der Waals surface area contributed by atoms with Gasteiger partial charge in [0.25, 0.3) is 0 Å². The van der Waals surface area contributed by atoms with E-state index in [9.17, 15) is 10.1 Å². The lowest BCUT2D eigenvalue weighted by Crippen LogP contribution is -2.05. The summed E-state index contributed by atoms with van der Waals surface area (Å²) in [5.74, 6) is 1.23. The summed E-state index contributed by atoms with van der Waals surface area (Å²) in [6.45, 7) is 0. The molecule has 0 fully saturated rings. The van der Waals surface area contributed by atoms with E-state index in [4.69, 9.17) is 18.9 Å². The fraction of sp³-hybridized carbons (Fsp3) is 0.111. The largest absolute Gasteiger partial charge is 0.493 e. The maximum Gasteiger partial charge on any atom is 0.336 e. The van der Waals surface area contributed by atoms with Gasteiger partial charge < -0.3 is 18.9 Å². The molecular formula is C27H23NO5. The second-order valence-corrected chi connectivity index (χ2v) is 6.81. The molecular weight excluding hydrogens is 418 g/mol. The summed E-state index contributed by atoms with van der Waals surface area (Å²) in [7, 11) is 4.58. The van der Waals surface area contributed by atoms with E-state index < -0.39 is 5.97 Å². The third-order valence-corrected chi connectivity index (χ3v) is 4.74. The van der Waals surface area contributed by atoms with Gasteiger partial charge in [-0.1, -0.05) is 36.4 Å². The number of carbonyl (C=O) groups excluding carboxylic acids is 1. The maximum atomic E-state index is 12.2. The average Bonchev–Trinajstić information content (AvgIpc) is 2.86. The number of hydrogen-bond acceptors (Lipinski definition) is 6. The minimum Gasteiger partial charge on any atom is -0.493 e. The Labute approximate surface area is 192 Å². The van der Waals surface area contributed by atoms with Crippen molar-refractivity contribution in [1.29, 1.82) is 5.26 Å². The number of methoxy groups -OCH3 is 3. The Bertz CT molecular complexity index is 1220. The number of hydrogen-bond donors (Lipinski definition) is 0. The minimum atomic E-state index is -0.525. The summed E-state index contributed by atoms with van der Waals surface area (Å²) in [4.78, 5) is 12.2. The first kappa shape index (κ1) is 23.2. The van der Waals surface area contributed by atoms with E-state index in [2.05, 4.69) is 6.07 Å². The van der Waals surface area contributed by atoms with Gasteiger partial charge in [0.05, 0.1) is 33.0 Å². The number of allylic oxidation sites excluding steroid dienone is 1. The van der Waals surface area contributed by atoms with Crippen molar-refractivity contribution in [3.05, 3.63) is 89.5 Å². The average molecular weight is 441 g/mol. The molecule has 0 heterocycles. The Morgan fingerprint density at radius 3 is 2.12 bits per heavy atom. The summed E-state index contributed by atoms with van der Waals surface area (Å²) in [5.41, 5.74) is 2.70. The predicted octanol–water partition coefficient (Wildman–Crippen LogP) is 5.40. The minimum absolute atomic E-state index is 0.280. The molecule has 0 atom stereocenters. The summed E-state index contributed by atoms with van der Waals surface area (Å²) in [6, 6.07) is 22.0. The highest BCUT2D eigenvalue weighted by Crippen LogP contribution is 2.33. The van der Waals surface area contributed by atoms with E-state index >= 15 is 0 Å². The number of nitriles is 1. The fourth-order valence-electron chi connectivity index (χ4n) is 3.08. The zero-order valence-corrected chi connectivity index (χ0v) is 18.6. The Kier molecular flexibility index (Phi) is 7.87. The molecule has 0 unspecified atom stereocenters. The molecule has 6 heteroatoms. The van der Waals surface area contributed by atoms with Crippen LogP contribution in [0, 0.1) is 11.3 Å². The Morgan fingerprint density at radius 1 is 0.788 bits per heavy atom. The fourth-order valence-corrected chi connectivity index (χ4v) is 3.08. The van der Waals surface area contributed by atoms with Crippen molar-refractivity contribution in [1.82, 2.24) is 0 Å². The number of benzene rings is 3. The van der Waals surface area contributed by atoms with Crippen LogP contribution in [-0.4, -0.2) is 27.3 Å². The highest BCUT2D eigenvalue weighted by Gasteiger charge is 2.11. The van der Waals surface area contributed by atoms with Gasteiger partial charge in [0.15, 0.2) is 23.0 Å². The quantitative estimate of drug-likeness (QED) is 0.153. The third-order valence-electron chi connectivity index (χ3n) is 4.74. The van der Waals surface area contributed by atoms with Crippen LogP contribution in [0.2, 0.25) is 0 Å². The van der Waals surface area contributed by atoms with Crippen LogP contribution in [0.25, 0.3) is 17.7 Å². The van der Waals surface area contributed by atoms with Gasteiger partial charge in [0, 0.05) is 6.08 Å². The molecule has 3 aromatic rings. The van der Waals surface area contributed by atoms with Crippen molar-refractivity contribution in [3.8, 4) is 29.1 Å². The molecule has 0 amide bonds. The molecule has 0 radical (unpaired) electrons.